The summed E-state index contributed by atoms with van der Waals surface area (Å²) in [5.74, 6) is -0.122. The van der Waals surface area contributed by atoms with Gasteiger partial charge in [0.05, 0.1) is 12.0 Å². The van der Waals surface area contributed by atoms with Crippen molar-refractivity contribution in [3.05, 3.63) is 47.9 Å². The van der Waals surface area contributed by atoms with Crippen LogP contribution in [0.3, 0.4) is 0 Å². The Morgan fingerprint density at radius 2 is 2.04 bits per heavy atom. The van der Waals surface area contributed by atoms with Crippen molar-refractivity contribution >= 4 is 22.4 Å². The van der Waals surface area contributed by atoms with Gasteiger partial charge in [0.15, 0.2) is 5.13 Å². The zero-order valence-electron chi connectivity index (χ0n) is 14.0. The summed E-state index contributed by atoms with van der Waals surface area (Å²) in [5, 5.41) is 3.27. The summed E-state index contributed by atoms with van der Waals surface area (Å²) < 4.78 is 30.5. The SMILES string of the molecule is Cc1sc(NC(=O)[C@@H](C)n2ccnc2)nc1-c1ccc(OC(F)F)cc1. The average Bonchev–Trinajstić information content (AvgIpc) is 3.24. The Kier molecular flexibility index (Phi) is 5.27. The summed E-state index contributed by atoms with van der Waals surface area (Å²) in [6.07, 6.45) is 4.90. The van der Waals surface area contributed by atoms with Crippen molar-refractivity contribution in [2.24, 2.45) is 0 Å². The van der Waals surface area contributed by atoms with Crippen LogP contribution in [-0.2, 0) is 4.79 Å². The number of ether oxygens (including phenoxy) is 1. The third kappa shape index (κ3) is 4.05. The summed E-state index contributed by atoms with van der Waals surface area (Å²) in [6, 6.07) is 5.80. The molecule has 2 aromatic heterocycles. The molecule has 136 valence electrons. The highest BCUT2D eigenvalue weighted by atomic mass is 32.1. The predicted molar refractivity (Wildman–Crippen MR) is 94.5 cm³/mol. The molecular formula is C17H16F2N4O2S. The number of aryl methyl sites for hydroxylation is 1. The molecule has 0 aliphatic heterocycles. The predicted octanol–water partition coefficient (Wildman–Crippen LogP) is 4.12. The second-order valence-corrected chi connectivity index (χ2v) is 6.71. The van der Waals surface area contributed by atoms with Gasteiger partial charge in [0.1, 0.15) is 11.8 Å². The van der Waals surface area contributed by atoms with E-state index in [0.717, 1.165) is 10.4 Å². The monoisotopic (exact) mass is 378 g/mol. The van der Waals surface area contributed by atoms with Gasteiger partial charge in [-0.25, -0.2) is 9.97 Å². The van der Waals surface area contributed by atoms with E-state index in [2.05, 4.69) is 20.0 Å². The van der Waals surface area contributed by atoms with Crippen LogP contribution in [0.25, 0.3) is 11.3 Å². The number of carbonyl (C=O) groups is 1. The van der Waals surface area contributed by atoms with Crippen molar-refractivity contribution in [1.82, 2.24) is 14.5 Å². The van der Waals surface area contributed by atoms with E-state index in [1.54, 1.807) is 42.3 Å². The Morgan fingerprint density at radius 3 is 2.65 bits per heavy atom. The number of carbonyl (C=O) groups excluding carboxylic acids is 1. The van der Waals surface area contributed by atoms with Crippen LogP contribution in [0.1, 0.15) is 17.8 Å². The van der Waals surface area contributed by atoms with Crippen LogP contribution in [0.5, 0.6) is 5.75 Å². The molecule has 3 rings (SSSR count). The first kappa shape index (κ1) is 18.0. The zero-order chi connectivity index (χ0) is 18.7. The zero-order valence-corrected chi connectivity index (χ0v) is 14.8. The Balaban J connectivity index is 1.73. The quantitative estimate of drug-likeness (QED) is 0.701. The summed E-state index contributed by atoms with van der Waals surface area (Å²) in [5.41, 5.74) is 1.44. The van der Waals surface area contributed by atoms with Gasteiger partial charge in [-0.3, -0.25) is 4.79 Å². The highest BCUT2D eigenvalue weighted by Crippen LogP contribution is 2.31. The topological polar surface area (TPSA) is 69.0 Å². The number of halogens is 2. The molecular weight excluding hydrogens is 362 g/mol. The van der Waals surface area contributed by atoms with Crippen LogP contribution < -0.4 is 10.1 Å². The lowest BCUT2D eigenvalue weighted by molar-refractivity contribution is -0.118. The Hall–Kier alpha value is -2.81. The smallest absolute Gasteiger partial charge is 0.387 e. The molecule has 0 bridgehead atoms. The van der Waals surface area contributed by atoms with Crippen LogP contribution in [0.4, 0.5) is 13.9 Å². The second kappa shape index (κ2) is 7.61. The molecule has 1 aromatic carbocycles. The number of nitrogens with one attached hydrogen (secondary N) is 1. The van der Waals surface area contributed by atoms with Crippen molar-refractivity contribution < 1.29 is 18.3 Å². The van der Waals surface area contributed by atoms with E-state index in [-0.39, 0.29) is 11.7 Å². The molecule has 1 atom stereocenters. The maximum absolute atomic E-state index is 12.3. The van der Waals surface area contributed by atoms with Gasteiger partial charge in [0, 0.05) is 22.8 Å². The number of hydrogen-bond acceptors (Lipinski definition) is 5. The van der Waals surface area contributed by atoms with E-state index in [4.69, 9.17) is 0 Å². The fraction of sp³-hybridized carbons (Fsp3) is 0.235. The molecule has 6 nitrogen and oxygen atoms in total. The normalized spacial score (nSPS) is 12.2. The van der Waals surface area contributed by atoms with Crippen molar-refractivity contribution in [3.63, 3.8) is 0 Å². The Bertz CT molecular complexity index is 879. The highest BCUT2D eigenvalue weighted by Gasteiger charge is 2.17. The molecule has 1 N–H and O–H groups in total. The average molecular weight is 378 g/mol. The third-order valence-electron chi connectivity index (χ3n) is 3.73. The summed E-state index contributed by atoms with van der Waals surface area (Å²) in [4.78, 5) is 21.6. The van der Waals surface area contributed by atoms with Gasteiger partial charge in [-0.05, 0) is 38.1 Å². The molecule has 2 heterocycles. The molecule has 0 spiro atoms. The number of benzene rings is 1. The Labute approximate surface area is 152 Å². The highest BCUT2D eigenvalue weighted by molar-refractivity contribution is 7.16. The summed E-state index contributed by atoms with van der Waals surface area (Å²) >= 11 is 1.35. The first-order chi connectivity index (χ1) is 12.4. The number of hydrogen-bond donors (Lipinski definition) is 1. The fourth-order valence-corrected chi connectivity index (χ4v) is 3.19. The Morgan fingerprint density at radius 1 is 1.31 bits per heavy atom. The van der Waals surface area contributed by atoms with Gasteiger partial charge in [0.25, 0.3) is 0 Å². The number of imidazole rings is 1. The van der Waals surface area contributed by atoms with Crippen molar-refractivity contribution in [2.75, 3.05) is 5.32 Å². The lowest BCUT2D eigenvalue weighted by atomic mass is 10.1. The van der Waals surface area contributed by atoms with E-state index in [0.29, 0.717) is 10.8 Å². The van der Waals surface area contributed by atoms with E-state index in [9.17, 15) is 13.6 Å². The number of anilines is 1. The van der Waals surface area contributed by atoms with Crippen molar-refractivity contribution in [3.8, 4) is 17.0 Å². The number of amides is 1. The molecule has 0 aliphatic carbocycles. The number of aromatic nitrogens is 3. The van der Waals surface area contributed by atoms with E-state index in [1.807, 2.05) is 6.92 Å². The van der Waals surface area contributed by atoms with Gasteiger partial charge in [-0.15, -0.1) is 11.3 Å². The minimum Gasteiger partial charge on any atom is -0.435 e. The van der Waals surface area contributed by atoms with E-state index < -0.39 is 12.7 Å². The number of rotatable bonds is 6. The van der Waals surface area contributed by atoms with Gasteiger partial charge in [-0.1, -0.05) is 0 Å². The minimum atomic E-state index is -2.86. The van der Waals surface area contributed by atoms with Crippen molar-refractivity contribution in [2.45, 2.75) is 26.5 Å². The molecule has 0 unspecified atom stereocenters. The number of nitrogens with zero attached hydrogens (tertiary/aromatic N) is 3. The van der Waals surface area contributed by atoms with Crippen molar-refractivity contribution in [1.29, 1.82) is 0 Å². The van der Waals surface area contributed by atoms with Crippen LogP contribution in [0.2, 0.25) is 0 Å². The standard InChI is InChI=1S/C17H16F2N4O2S/c1-10(23-8-7-20-9-23)15(24)22-17-21-14(11(2)26-17)12-3-5-13(6-4-12)25-16(18)19/h3-10,16H,1-2H3,(H,21,22,24)/t10-/m1/s1. The van der Waals surface area contributed by atoms with E-state index in [1.165, 1.54) is 23.5 Å². The largest absolute Gasteiger partial charge is 0.435 e. The molecule has 0 saturated carbocycles. The van der Waals surface area contributed by atoms with Gasteiger partial charge in [-0.2, -0.15) is 8.78 Å². The number of thiazole rings is 1. The molecule has 0 saturated heterocycles. The van der Waals surface area contributed by atoms with Gasteiger partial charge in [0.2, 0.25) is 5.91 Å². The maximum Gasteiger partial charge on any atom is 0.387 e. The minimum absolute atomic E-state index is 0.0827. The van der Waals surface area contributed by atoms with Crippen LogP contribution in [-0.4, -0.2) is 27.1 Å². The fourth-order valence-electron chi connectivity index (χ4n) is 2.36. The molecule has 1 amide bonds. The molecule has 26 heavy (non-hydrogen) atoms. The molecule has 0 radical (unpaired) electrons. The van der Waals surface area contributed by atoms with Crippen LogP contribution >= 0.6 is 11.3 Å². The van der Waals surface area contributed by atoms with Crippen LogP contribution in [0, 0.1) is 6.92 Å². The van der Waals surface area contributed by atoms with E-state index >= 15 is 0 Å². The molecule has 9 heteroatoms. The third-order valence-corrected chi connectivity index (χ3v) is 4.62. The van der Waals surface area contributed by atoms with Crippen LogP contribution in [0.15, 0.2) is 43.0 Å². The summed E-state index contributed by atoms with van der Waals surface area (Å²) in [6.45, 7) is 0.784. The second-order valence-electron chi connectivity index (χ2n) is 5.50. The number of alkyl halides is 2. The first-order valence-corrected chi connectivity index (χ1v) is 8.56. The van der Waals surface area contributed by atoms with Gasteiger partial charge < -0.3 is 14.6 Å². The molecule has 0 fully saturated rings. The first-order valence-electron chi connectivity index (χ1n) is 7.75. The maximum atomic E-state index is 12.3. The molecule has 3 aromatic rings. The lowest BCUT2D eigenvalue weighted by Crippen LogP contribution is -2.22. The van der Waals surface area contributed by atoms with Gasteiger partial charge >= 0.3 is 6.61 Å². The molecule has 0 aliphatic rings. The summed E-state index contributed by atoms with van der Waals surface area (Å²) in [7, 11) is 0. The lowest BCUT2D eigenvalue weighted by Gasteiger charge is -2.11.